The molecule has 0 amide bonds. The lowest BCUT2D eigenvalue weighted by atomic mass is 9.97. The van der Waals surface area contributed by atoms with Crippen molar-refractivity contribution in [2.75, 3.05) is 5.43 Å². The second-order valence-electron chi connectivity index (χ2n) is 3.49. The molecule has 4 N–H and O–H groups in total. The Hall–Kier alpha value is -1.55. The molecule has 0 saturated heterocycles. The van der Waals surface area contributed by atoms with E-state index in [0.717, 1.165) is 11.3 Å². The van der Waals surface area contributed by atoms with Crippen molar-refractivity contribution >= 4 is 11.7 Å². The SMILES string of the molecule is CCC(Cc1ccc(NN)cc1)C(=O)O. The summed E-state index contributed by atoms with van der Waals surface area (Å²) >= 11 is 0. The predicted octanol–water partition coefficient (Wildman–Crippen LogP) is 1.63. The number of nitrogens with two attached hydrogens (primary N) is 1. The minimum atomic E-state index is -0.737. The van der Waals surface area contributed by atoms with E-state index in [1.807, 2.05) is 31.2 Å². The minimum absolute atomic E-state index is 0.304. The molecule has 1 aromatic rings. The fraction of sp³-hybridized carbons (Fsp3) is 0.364. The highest BCUT2D eigenvalue weighted by Gasteiger charge is 2.15. The Morgan fingerprint density at radius 2 is 2.07 bits per heavy atom. The molecule has 1 rings (SSSR count). The van der Waals surface area contributed by atoms with Crippen molar-refractivity contribution < 1.29 is 9.90 Å². The van der Waals surface area contributed by atoms with Crippen LogP contribution in [-0.4, -0.2) is 11.1 Å². The average molecular weight is 208 g/mol. The van der Waals surface area contributed by atoms with Crippen molar-refractivity contribution in [3.05, 3.63) is 29.8 Å². The van der Waals surface area contributed by atoms with E-state index in [9.17, 15) is 4.79 Å². The van der Waals surface area contributed by atoms with Gasteiger partial charge in [-0.25, -0.2) is 0 Å². The van der Waals surface area contributed by atoms with E-state index < -0.39 is 5.97 Å². The van der Waals surface area contributed by atoms with E-state index in [2.05, 4.69) is 5.43 Å². The third kappa shape index (κ3) is 3.25. The summed E-state index contributed by atoms with van der Waals surface area (Å²) in [4.78, 5) is 10.8. The Kier molecular flexibility index (Phi) is 4.12. The van der Waals surface area contributed by atoms with Crippen molar-refractivity contribution in [1.82, 2.24) is 0 Å². The van der Waals surface area contributed by atoms with Crippen LogP contribution in [0.2, 0.25) is 0 Å². The highest BCUT2D eigenvalue weighted by Crippen LogP contribution is 2.14. The summed E-state index contributed by atoms with van der Waals surface area (Å²) in [6.07, 6.45) is 1.21. The summed E-state index contributed by atoms with van der Waals surface area (Å²) in [5.41, 5.74) is 4.37. The number of carbonyl (C=O) groups is 1. The summed E-state index contributed by atoms with van der Waals surface area (Å²) in [5.74, 6) is 4.19. The first-order valence-corrected chi connectivity index (χ1v) is 4.95. The highest BCUT2D eigenvalue weighted by molar-refractivity contribution is 5.70. The fourth-order valence-corrected chi connectivity index (χ4v) is 1.43. The van der Waals surface area contributed by atoms with Gasteiger partial charge in [0.2, 0.25) is 0 Å². The zero-order valence-corrected chi connectivity index (χ0v) is 8.73. The van der Waals surface area contributed by atoms with E-state index in [1.165, 1.54) is 0 Å². The van der Waals surface area contributed by atoms with E-state index in [1.54, 1.807) is 0 Å². The van der Waals surface area contributed by atoms with E-state index in [4.69, 9.17) is 10.9 Å². The lowest BCUT2D eigenvalue weighted by Gasteiger charge is -2.09. The molecule has 0 aliphatic heterocycles. The van der Waals surface area contributed by atoms with Gasteiger partial charge in [0.15, 0.2) is 0 Å². The summed E-state index contributed by atoms with van der Waals surface area (Å²) in [6, 6.07) is 7.45. The number of benzene rings is 1. The van der Waals surface area contributed by atoms with Crippen LogP contribution in [-0.2, 0) is 11.2 Å². The van der Waals surface area contributed by atoms with Gasteiger partial charge < -0.3 is 10.5 Å². The molecule has 0 aromatic heterocycles. The predicted molar refractivity (Wildman–Crippen MR) is 59.4 cm³/mol. The minimum Gasteiger partial charge on any atom is -0.481 e. The summed E-state index contributed by atoms with van der Waals surface area (Å²) < 4.78 is 0. The molecule has 0 bridgehead atoms. The van der Waals surface area contributed by atoms with Crippen molar-refractivity contribution in [3.8, 4) is 0 Å². The molecule has 4 nitrogen and oxygen atoms in total. The van der Waals surface area contributed by atoms with Gasteiger partial charge in [-0.15, -0.1) is 0 Å². The summed E-state index contributed by atoms with van der Waals surface area (Å²) in [6.45, 7) is 1.88. The van der Waals surface area contributed by atoms with Gasteiger partial charge >= 0.3 is 5.97 Å². The number of hydrazine groups is 1. The van der Waals surface area contributed by atoms with Gasteiger partial charge in [0.05, 0.1) is 5.92 Å². The van der Waals surface area contributed by atoms with Gasteiger partial charge in [-0.3, -0.25) is 10.6 Å². The third-order valence-corrected chi connectivity index (χ3v) is 2.44. The normalized spacial score (nSPS) is 12.1. The third-order valence-electron chi connectivity index (χ3n) is 2.44. The first-order valence-electron chi connectivity index (χ1n) is 4.95. The van der Waals surface area contributed by atoms with E-state index in [0.29, 0.717) is 12.8 Å². The number of anilines is 1. The molecule has 82 valence electrons. The molecule has 0 saturated carbocycles. The van der Waals surface area contributed by atoms with Crippen molar-refractivity contribution in [3.63, 3.8) is 0 Å². The Balaban J connectivity index is 2.67. The smallest absolute Gasteiger partial charge is 0.306 e. The van der Waals surface area contributed by atoms with Crippen LogP contribution >= 0.6 is 0 Å². The molecular formula is C11H16N2O2. The van der Waals surface area contributed by atoms with Gasteiger partial charge in [0.1, 0.15) is 0 Å². The first kappa shape index (κ1) is 11.5. The maximum absolute atomic E-state index is 10.8. The van der Waals surface area contributed by atoms with Gasteiger partial charge in [0, 0.05) is 5.69 Å². The van der Waals surface area contributed by atoms with Gasteiger partial charge in [-0.1, -0.05) is 19.1 Å². The highest BCUT2D eigenvalue weighted by atomic mass is 16.4. The van der Waals surface area contributed by atoms with Crippen molar-refractivity contribution in [2.24, 2.45) is 11.8 Å². The number of nitrogen functional groups attached to an aromatic ring is 1. The summed E-state index contributed by atoms with van der Waals surface area (Å²) in [5, 5.41) is 8.90. The Morgan fingerprint density at radius 1 is 1.47 bits per heavy atom. The van der Waals surface area contributed by atoms with Gasteiger partial charge in [-0.2, -0.15) is 0 Å². The monoisotopic (exact) mass is 208 g/mol. The van der Waals surface area contributed by atoms with Crippen LogP contribution < -0.4 is 11.3 Å². The molecule has 1 unspecified atom stereocenters. The van der Waals surface area contributed by atoms with Crippen LogP contribution in [0.1, 0.15) is 18.9 Å². The molecule has 0 aliphatic rings. The Bertz CT molecular complexity index is 322. The maximum atomic E-state index is 10.8. The molecule has 0 fully saturated rings. The number of carboxylic acids is 1. The van der Waals surface area contributed by atoms with Crippen LogP contribution in [0, 0.1) is 5.92 Å². The molecule has 0 radical (unpaired) electrons. The standard InChI is InChI=1S/C11H16N2O2/c1-2-9(11(14)15)7-8-3-5-10(13-12)6-4-8/h3-6,9,13H,2,7,12H2,1H3,(H,14,15). The number of carboxylic acid groups (broad SMARTS) is 1. The zero-order valence-electron chi connectivity index (χ0n) is 8.73. The van der Waals surface area contributed by atoms with E-state index >= 15 is 0 Å². The maximum Gasteiger partial charge on any atom is 0.306 e. The molecule has 0 aliphatic carbocycles. The van der Waals surface area contributed by atoms with Gasteiger partial charge in [-0.05, 0) is 30.5 Å². The van der Waals surface area contributed by atoms with Crippen LogP contribution in [0.3, 0.4) is 0 Å². The quantitative estimate of drug-likeness (QED) is 0.507. The molecule has 4 heteroatoms. The molecular weight excluding hydrogens is 192 g/mol. The molecule has 1 aromatic carbocycles. The lowest BCUT2D eigenvalue weighted by Crippen LogP contribution is -2.15. The zero-order chi connectivity index (χ0) is 11.3. The van der Waals surface area contributed by atoms with Gasteiger partial charge in [0.25, 0.3) is 0 Å². The number of hydrogen-bond donors (Lipinski definition) is 3. The number of aliphatic carboxylic acids is 1. The first-order chi connectivity index (χ1) is 7.17. The number of hydrogen-bond acceptors (Lipinski definition) is 3. The number of rotatable bonds is 5. The average Bonchev–Trinajstić information content (AvgIpc) is 2.26. The molecule has 1 atom stereocenters. The van der Waals surface area contributed by atoms with Crippen molar-refractivity contribution in [2.45, 2.75) is 19.8 Å². The summed E-state index contributed by atoms with van der Waals surface area (Å²) in [7, 11) is 0. The largest absolute Gasteiger partial charge is 0.481 e. The van der Waals surface area contributed by atoms with Crippen molar-refractivity contribution in [1.29, 1.82) is 0 Å². The van der Waals surface area contributed by atoms with Crippen LogP contribution in [0.25, 0.3) is 0 Å². The fourth-order valence-electron chi connectivity index (χ4n) is 1.43. The molecule has 0 spiro atoms. The Labute approximate surface area is 89.1 Å². The second kappa shape index (κ2) is 5.36. The second-order valence-corrected chi connectivity index (χ2v) is 3.49. The number of nitrogens with one attached hydrogen (secondary N) is 1. The van der Waals surface area contributed by atoms with E-state index in [-0.39, 0.29) is 5.92 Å². The lowest BCUT2D eigenvalue weighted by molar-refractivity contribution is -0.141. The molecule has 15 heavy (non-hydrogen) atoms. The van der Waals surface area contributed by atoms with Crippen LogP contribution in [0.4, 0.5) is 5.69 Å². The topological polar surface area (TPSA) is 75.3 Å². The Morgan fingerprint density at radius 3 is 2.47 bits per heavy atom. The van der Waals surface area contributed by atoms with Crippen LogP contribution in [0.5, 0.6) is 0 Å². The van der Waals surface area contributed by atoms with Crippen LogP contribution in [0.15, 0.2) is 24.3 Å². The molecule has 0 heterocycles.